The van der Waals surface area contributed by atoms with E-state index in [0.29, 0.717) is 17.3 Å². The Balaban J connectivity index is 2.29. The molecular formula is C15H22ClNO2. The molecule has 0 radical (unpaired) electrons. The van der Waals surface area contributed by atoms with Gasteiger partial charge in [0.15, 0.2) is 11.5 Å². The summed E-state index contributed by atoms with van der Waals surface area (Å²) in [5, 5.41) is 0.591. The molecule has 19 heavy (non-hydrogen) atoms. The number of hydrogen-bond donors (Lipinski definition) is 1. The highest BCUT2D eigenvalue weighted by Crippen LogP contribution is 2.39. The van der Waals surface area contributed by atoms with E-state index in [1.54, 1.807) is 7.11 Å². The first-order chi connectivity index (χ1) is 9.15. The van der Waals surface area contributed by atoms with E-state index in [0.717, 1.165) is 24.2 Å². The van der Waals surface area contributed by atoms with Gasteiger partial charge in [-0.25, -0.2) is 0 Å². The summed E-state index contributed by atoms with van der Waals surface area (Å²) in [6.07, 6.45) is 4.97. The molecule has 1 aromatic rings. The molecule has 1 fully saturated rings. The van der Waals surface area contributed by atoms with E-state index >= 15 is 0 Å². The Bertz CT molecular complexity index is 430. The molecule has 3 nitrogen and oxygen atoms in total. The molecule has 0 saturated heterocycles. The topological polar surface area (TPSA) is 44.5 Å². The van der Waals surface area contributed by atoms with Gasteiger partial charge in [-0.3, -0.25) is 0 Å². The molecular weight excluding hydrogens is 262 g/mol. The molecule has 2 rings (SSSR count). The van der Waals surface area contributed by atoms with Crippen molar-refractivity contribution in [2.24, 2.45) is 5.73 Å². The lowest BCUT2D eigenvalue weighted by Gasteiger charge is -2.19. The van der Waals surface area contributed by atoms with Gasteiger partial charge in [-0.1, -0.05) is 18.5 Å². The summed E-state index contributed by atoms with van der Waals surface area (Å²) < 4.78 is 11.4. The van der Waals surface area contributed by atoms with Gasteiger partial charge in [0.25, 0.3) is 0 Å². The standard InChI is InChI=1S/C15H22ClNO2/c1-10(9-17)11-7-13(16)15(18-2)14(8-11)19-12-5-3-4-6-12/h7-8,10,12H,3-6,9,17H2,1-2H3. The number of methoxy groups -OCH3 is 1. The van der Waals surface area contributed by atoms with Crippen LogP contribution in [0.25, 0.3) is 0 Å². The van der Waals surface area contributed by atoms with Crippen LogP contribution >= 0.6 is 11.6 Å². The highest BCUT2D eigenvalue weighted by molar-refractivity contribution is 6.32. The quantitative estimate of drug-likeness (QED) is 0.895. The molecule has 1 aliphatic carbocycles. The fourth-order valence-electron chi connectivity index (χ4n) is 2.48. The second-order valence-corrected chi connectivity index (χ2v) is 5.60. The van der Waals surface area contributed by atoms with Crippen LogP contribution in [0.5, 0.6) is 11.5 Å². The van der Waals surface area contributed by atoms with Crippen molar-refractivity contribution in [3.63, 3.8) is 0 Å². The van der Waals surface area contributed by atoms with Crippen LogP contribution in [0.4, 0.5) is 0 Å². The zero-order chi connectivity index (χ0) is 13.8. The highest BCUT2D eigenvalue weighted by atomic mass is 35.5. The monoisotopic (exact) mass is 283 g/mol. The molecule has 1 aromatic carbocycles. The molecule has 1 unspecified atom stereocenters. The Kier molecular flexibility index (Phi) is 4.94. The van der Waals surface area contributed by atoms with Crippen molar-refractivity contribution in [3.05, 3.63) is 22.7 Å². The van der Waals surface area contributed by atoms with Crippen LogP contribution < -0.4 is 15.2 Å². The van der Waals surface area contributed by atoms with Gasteiger partial charge in [0, 0.05) is 0 Å². The fraction of sp³-hybridized carbons (Fsp3) is 0.600. The van der Waals surface area contributed by atoms with Crippen molar-refractivity contribution in [1.82, 2.24) is 0 Å². The molecule has 0 spiro atoms. The van der Waals surface area contributed by atoms with Gasteiger partial charge in [-0.2, -0.15) is 0 Å². The van der Waals surface area contributed by atoms with Gasteiger partial charge in [0.05, 0.1) is 18.2 Å². The lowest BCUT2D eigenvalue weighted by Crippen LogP contribution is -2.13. The number of benzene rings is 1. The third kappa shape index (κ3) is 3.34. The van der Waals surface area contributed by atoms with Crippen molar-refractivity contribution < 1.29 is 9.47 Å². The second-order valence-electron chi connectivity index (χ2n) is 5.20. The molecule has 0 aliphatic heterocycles. The van der Waals surface area contributed by atoms with Crippen LogP contribution in [-0.2, 0) is 0 Å². The van der Waals surface area contributed by atoms with Crippen molar-refractivity contribution >= 4 is 11.6 Å². The number of rotatable bonds is 5. The van der Waals surface area contributed by atoms with Crippen LogP contribution in [-0.4, -0.2) is 19.8 Å². The Morgan fingerprint density at radius 1 is 1.37 bits per heavy atom. The van der Waals surface area contributed by atoms with Gasteiger partial charge >= 0.3 is 0 Å². The summed E-state index contributed by atoms with van der Waals surface area (Å²) >= 11 is 6.28. The SMILES string of the molecule is COc1c(Cl)cc(C(C)CN)cc1OC1CCCC1. The molecule has 0 aromatic heterocycles. The lowest BCUT2D eigenvalue weighted by molar-refractivity contribution is 0.200. The summed E-state index contributed by atoms with van der Waals surface area (Å²) in [5.74, 6) is 1.63. The molecule has 0 bridgehead atoms. The first-order valence-electron chi connectivity index (χ1n) is 6.89. The summed E-state index contributed by atoms with van der Waals surface area (Å²) in [6.45, 7) is 2.67. The second kappa shape index (κ2) is 6.49. The van der Waals surface area contributed by atoms with E-state index in [9.17, 15) is 0 Å². The fourth-order valence-corrected chi connectivity index (χ4v) is 2.78. The molecule has 2 N–H and O–H groups in total. The maximum atomic E-state index is 6.28. The average Bonchev–Trinajstić information content (AvgIpc) is 2.90. The normalized spacial score (nSPS) is 17.5. The number of nitrogens with two attached hydrogens (primary N) is 1. The van der Waals surface area contributed by atoms with Gasteiger partial charge in [0.2, 0.25) is 0 Å². The predicted octanol–water partition coefficient (Wildman–Crippen LogP) is 3.73. The molecule has 0 amide bonds. The van der Waals surface area contributed by atoms with E-state index in [1.165, 1.54) is 12.8 Å². The number of hydrogen-bond acceptors (Lipinski definition) is 3. The third-order valence-electron chi connectivity index (χ3n) is 3.75. The highest BCUT2D eigenvalue weighted by Gasteiger charge is 2.21. The van der Waals surface area contributed by atoms with E-state index in [-0.39, 0.29) is 12.0 Å². The Morgan fingerprint density at radius 2 is 2.05 bits per heavy atom. The zero-order valence-electron chi connectivity index (χ0n) is 11.6. The summed E-state index contributed by atoms with van der Waals surface area (Å²) in [4.78, 5) is 0. The third-order valence-corrected chi connectivity index (χ3v) is 4.04. The van der Waals surface area contributed by atoms with Crippen LogP contribution in [0, 0.1) is 0 Å². The zero-order valence-corrected chi connectivity index (χ0v) is 12.4. The summed E-state index contributed by atoms with van der Waals surface area (Å²) in [6, 6.07) is 3.93. The van der Waals surface area contributed by atoms with E-state index in [2.05, 4.69) is 6.92 Å². The van der Waals surface area contributed by atoms with E-state index in [4.69, 9.17) is 26.8 Å². The predicted molar refractivity (Wildman–Crippen MR) is 78.4 cm³/mol. The molecule has 4 heteroatoms. The van der Waals surface area contributed by atoms with Gasteiger partial charge in [-0.15, -0.1) is 0 Å². The lowest BCUT2D eigenvalue weighted by atomic mass is 10.0. The van der Waals surface area contributed by atoms with E-state index in [1.807, 2.05) is 12.1 Å². The average molecular weight is 284 g/mol. The smallest absolute Gasteiger partial charge is 0.179 e. The molecule has 106 valence electrons. The first-order valence-corrected chi connectivity index (χ1v) is 7.27. The van der Waals surface area contributed by atoms with Crippen LogP contribution in [0.1, 0.15) is 44.1 Å². The number of ether oxygens (including phenoxy) is 2. The van der Waals surface area contributed by atoms with Crippen molar-refractivity contribution in [2.45, 2.75) is 44.6 Å². The molecule has 1 saturated carbocycles. The molecule has 1 aliphatic rings. The number of halogens is 1. The van der Waals surface area contributed by atoms with Crippen molar-refractivity contribution in [1.29, 1.82) is 0 Å². The Hall–Kier alpha value is -0.930. The van der Waals surface area contributed by atoms with Crippen LogP contribution in [0.2, 0.25) is 5.02 Å². The maximum absolute atomic E-state index is 6.28. The minimum absolute atomic E-state index is 0.259. The van der Waals surface area contributed by atoms with Gasteiger partial charge in [0.1, 0.15) is 0 Å². The minimum atomic E-state index is 0.259. The molecule has 0 heterocycles. The summed E-state index contributed by atoms with van der Waals surface area (Å²) in [5.41, 5.74) is 6.82. The Labute approximate surface area is 120 Å². The largest absolute Gasteiger partial charge is 0.491 e. The van der Waals surface area contributed by atoms with Crippen molar-refractivity contribution in [2.75, 3.05) is 13.7 Å². The minimum Gasteiger partial charge on any atom is -0.491 e. The Morgan fingerprint density at radius 3 is 2.63 bits per heavy atom. The van der Waals surface area contributed by atoms with Gasteiger partial charge in [-0.05, 0) is 55.8 Å². The first kappa shape index (κ1) is 14.5. The van der Waals surface area contributed by atoms with E-state index < -0.39 is 0 Å². The maximum Gasteiger partial charge on any atom is 0.179 e. The van der Waals surface area contributed by atoms with Gasteiger partial charge < -0.3 is 15.2 Å². The van der Waals surface area contributed by atoms with Crippen molar-refractivity contribution in [3.8, 4) is 11.5 Å². The van der Waals surface area contributed by atoms with Crippen LogP contribution in [0.15, 0.2) is 12.1 Å². The molecule has 1 atom stereocenters. The summed E-state index contributed by atoms with van der Waals surface area (Å²) in [7, 11) is 1.62. The van der Waals surface area contributed by atoms with Crippen LogP contribution in [0.3, 0.4) is 0 Å².